The maximum absolute atomic E-state index is 13.2. The number of halogens is 2. The number of aliphatic imine (C=N–C) groups is 1. The van der Waals surface area contributed by atoms with Gasteiger partial charge in [-0.2, -0.15) is 0 Å². The molecule has 0 fully saturated rings. The van der Waals surface area contributed by atoms with Crippen molar-refractivity contribution >= 4 is 23.2 Å². The number of hydrogen-bond donors (Lipinski definition) is 3. The van der Waals surface area contributed by atoms with E-state index in [0.29, 0.717) is 24.7 Å². The number of nitrogens with zero attached hydrogens (tertiary/aromatic N) is 1. The molecule has 0 atom stereocenters. The van der Waals surface area contributed by atoms with Crippen molar-refractivity contribution in [2.24, 2.45) is 16.1 Å². The maximum atomic E-state index is 13.2. The third-order valence-electron chi connectivity index (χ3n) is 2.83. The van der Waals surface area contributed by atoms with Crippen molar-refractivity contribution in [1.29, 1.82) is 0 Å². The lowest BCUT2D eigenvalue weighted by molar-refractivity contribution is 0.393. The summed E-state index contributed by atoms with van der Waals surface area (Å²) >= 11 is 5.78. The lowest BCUT2D eigenvalue weighted by atomic mass is 9.94. The largest absolute Gasteiger partial charge is 0.354 e. The Morgan fingerprint density at radius 3 is 2.62 bits per heavy atom. The average molecular weight is 315 g/mol. The van der Waals surface area contributed by atoms with E-state index in [0.717, 1.165) is 0 Å². The Bertz CT molecular complexity index is 500. The van der Waals surface area contributed by atoms with E-state index in [1.807, 2.05) is 13.8 Å². The standard InChI is InChI=1S/C15H24ClFN4/c1-10(2)20-14(19-9-15(3,4)8-18)21-11-5-6-13(17)12(16)7-11/h5-7,10H,8-9,18H2,1-4H3,(H2,19,20,21). The first kappa shape index (κ1) is 17.7. The Kier molecular flexibility index (Phi) is 6.42. The van der Waals surface area contributed by atoms with E-state index in [-0.39, 0.29) is 16.5 Å². The molecule has 0 bridgehead atoms. The van der Waals surface area contributed by atoms with Crippen LogP contribution < -0.4 is 16.4 Å². The Morgan fingerprint density at radius 2 is 2.10 bits per heavy atom. The lowest BCUT2D eigenvalue weighted by Gasteiger charge is -2.21. The molecule has 4 N–H and O–H groups in total. The Labute approximate surface area is 131 Å². The van der Waals surface area contributed by atoms with Crippen LogP contribution in [0.2, 0.25) is 5.02 Å². The summed E-state index contributed by atoms with van der Waals surface area (Å²) in [6.45, 7) is 9.27. The van der Waals surface area contributed by atoms with Gasteiger partial charge in [0.2, 0.25) is 0 Å². The molecule has 0 amide bonds. The smallest absolute Gasteiger partial charge is 0.196 e. The molecule has 4 nitrogen and oxygen atoms in total. The molecule has 1 rings (SSSR count). The molecule has 0 saturated heterocycles. The summed E-state index contributed by atoms with van der Waals surface area (Å²) < 4.78 is 13.2. The van der Waals surface area contributed by atoms with E-state index >= 15 is 0 Å². The predicted molar refractivity (Wildman–Crippen MR) is 88.4 cm³/mol. The molecule has 0 heterocycles. The minimum absolute atomic E-state index is 0.0752. The lowest BCUT2D eigenvalue weighted by Crippen LogP contribution is -2.37. The van der Waals surface area contributed by atoms with Gasteiger partial charge in [0.05, 0.1) is 5.02 Å². The number of nitrogens with one attached hydrogen (secondary N) is 2. The average Bonchev–Trinajstić information content (AvgIpc) is 2.40. The molecular formula is C15H24ClFN4. The van der Waals surface area contributed by atoms with Crippen molar-refractivity contribution in [2.45, 2.75) is 33.7 Å². The van der Waals surface area contributed by atoms with Gasteiger partial charge in [-0.15, -0.1) is 0 Å². The third kappa shape index (κ3) is 6.31. The molecule has 6 heteroatoms. The van der Waals surface area contributed by atoms with Gasteiger partial charge < -0.3 is 16.4 Å². The summed E-state index contributed by atoms with van der Waals surface area (Å²) in [6.07, 6.45) is 0. The van der Waals surface area contributed by atoms with E-state index in [2.05, 4.69) is 29.5 Å². The SMILES string of the molecule is CC(C)NC(=NCC(C)(C)CN)Nc1ccc(F)c(Cl)c1. The number of nitrogens with two attached hydrogens (primary N) is 1. The zero-order valence-corrected chi connectivity index (χ0v) is 13.8. The van der Waals surface area contributed by atoms with Crippen molar-refractivity contribution in [3.05, 3.63) is 29.0 Å². The van der Waals surface area contributed by atoms with Gasteiger partial charge in [-0.1, -0.05) is 25.4 Å². The predicted octanol–water partition coefficient (Wildman–Crippen LogP) is 3.23. The Balaban J connectivity index is 2.87. The van der Waals surface area contributed by atoms with Crippen molar-refractivity contribution in [3.8, 4) is 0 Å². The van der Waals surface area contributed by atoms with Crippen LogP contribution in [0, 0.1) is 11.2 Å². The van der Waals surface area contributed by atoms with Crippen molar-refractivity contribution in [1.82, 2.24) is 5.32 Å². The Hall–Kier alpha value is -1.33. The number of guanidine groups is 1. The second kappa shape index (κ2) is 7.61. The van der Waals surface area contributed by atoms with Gasteiger partial charge >= 0.3 is 0 Å². The zero-order valence-electron chi connectivity index (χ0n) is 13.0. The van der Waals surface area contributed by atoms with Crippen LogP contribution in [-0.4, -0.2) is 25.1 Å². The van der Waals surface area contributed by atoms with Crippen molar-refractivity contribution in [3.63, 3.8) is 0 Å². The minimum atomic E-state index is -0.443. The summed E-state index contributed by atoms with van der Waals surface area (Å²) in [5.74, 6) is 0.177. The van der Waals surface area contributed by atoms with E-state index in [9.17, 15) is 4.39 Å². The number of benzene rings is 1. The fourth-order valence-corrected chi connectivity index (χ4v) is 1.64. The van der Waals surface area contributed by atoms with Gasteiger partial charge in [0.25, 0.3) is 0 Å². The molecule has 1 aromatic carbocycles. The molecule has 0 spiro atoms. The number of rotatable bonds is 5. The maximum Gasteiger partial charge on any atom is 0.196 e. The molecule has 0 aliphatic heterocycles. The summed E-state index contributed by atoms with van der Waals surface area (Å²) in [7, 11) is 0. The molecule has 0 radical (unpaired) electrons. The van der Waals surface area contributed by atoms with Crippen LogP contribution in [0.3, 0.4) is 0 Å². The molecule has 0 unspecified atom stereocenters. The number of anilines is 1. The zero-order chi connectivity index (χ0) is 16.0. The fourth-order valence-electron chi connectivity index (χ4n) is 1.46. The van der Waals surface area contributed by atoms with Crippen molar-refractivity contribution in [2.75, 3.05) is 18.4 Å². The molecule has 0 aliphatic rings. The molecule has 21 heavy (non-hydrogen) atoms. The number of hydrogen-bond acceptors (Lipinski definition) is 2. The molecular weight excluding hydrogens is 291 g/mol. The van der Waals surface area contributed by atoms with Crippen molar-refractivity contribution < 1.29 is 4.39 Å². The molecule has 0 saturated carbocycles. The van der Waals surface area contributed by atoms with Crippen LogP contribution in [-0.2, 0) is 0 Å². The monoisotopic (exact) mass is 314 g/mol. The second-order valence-electron chi connectivity index (χ2n) is 6.09. The molecule has 1 aromatic rings. The highest BCUT2D eigenvalue weighted by atomic mass is 35.5. The van der Waals surface area contributed by atoms with Crippen LogP contribution in [0.4, 0.5) is 10.1 Å². The van der Waals surface area contributed by atoms with E-state index < -0.39 is 5.82 Å². The normalized spacial score (nSPS) is 12.7. The first-order valence-corrected chi connectivity index (χ1v) is 7.34. The van der Waals surface area contributed by atoms with Crippen LogP contribution in [0.25, 0.3) is 0 Å². The van der Waals surface area contributed by atoms with Crippen LogP contribution >= 0.6 is 11.6 Å². The molecule has 0 aliphatic carbocycles. The van der Waals surface area contributed by atoms with E-state index in [1.165, 1.54) is 12.1 Å². The van der Waals surface area contributed by atoms with Gasteiger partial charge in [-0.25, -0.2) is 4.39 Å². The van der Waals surface area contributed by atoms with Crippen LogP contribution in [0.15, 0.2) is 23.2 Å². The first-order valence-electron chi connectivity index (χ1n) is 6.96. The summed E-state index contributed by atoms with van der Waals surface area (Å²) in [5.41, 5.74) is 6.32. The van der Waals surface area contributed by atoms with Crippen LogP contribution in [0.5, 0.6) is 0 Å². The fraction of sp³-hybridized carbons (Fsp3) is 0.533. The van der Waals surface area contributed by atoms with Gasteiger partial charge in [0.1, 0.15) is 5.82 Å². The highest BCUT2D eigenvalue weighted by Crippen LogP contribution is 2.19. The summed E-state index contributed by atoms with van der Waals surface area (Å²) in [4.78, 5) is 4.53. The summed E-state index contributed by atoms with van der Waals surface area (Å²) in [6, 6.07) is 4.68. The third-order valence-corrected chi connectivity index (χ3v) is 3.12. The minimum Gasteiger partial charge on any atom is -0.354 e. The quantitative estimate of drug-likeness (QED) is 0.577. The highest BCUT2D eigenvalue weighted by molar-refractivity contribution is 6.31. The highest BCUT2D eigenvalue weighted by Gasteiger charge is 2.15. The second-order valence-corrected chi connectivity index (χ2v) is 6.49. The Morgan fingerprint density at radius 1 is 1.43 bits per heavy atom. The summed E-state index contributed by atoms with van der Waals surface area (Å²) in [5, 5.41) is 6.42. The van der Waals surface area contributed by atoms with E-state index in [4.69, 9.17) is 17.3 Å². The van der Waals surface area contributed by atoms with E-state index in [1.54, 1.807) is 6.07 Å². The topological polar surface area (TPSA) is 62.4 Å². The van der Waals surface area contributed by atoms with Crippen LogP contribution in [0.1, 0.15) is 27.7 Å². The van der Waals surface area contributed by atoms with Gasteiger partial charge in [0.15, 0.2) is 5.96 Å². The van der Waals surface area contributed by atoms with Gasteiger partial charge in [-0.05, 0) is 44.0 Å². The van der Waals surface area contributed by atoms with Gasteiger partial charge in [-0.3, -0.25) is 4.99 Å². The van der Waals surface area contributed by atoms with Gasteiger partial charge in [0, 0.05) is 18.3 Å². The molecule has 0 aromatic heterocycles. The first-order chi connectivity index (χ1) is 9.73. The molecule has 118 valence electrons.